The summed E-state index contributed by atoms with van der Waals surface area (Å²) in [6.45, 7) is 9.61. The summed E-state index contributed by atoms with van der Waals surface area (Å²) in [5, 5.41) is 10.6. The standard InChI is InChI=1S/C83H162O17P2/c1-7-10-12-14-15-16-17-18-19-20-21-22-23-24-29-32-35-38-44-49-55-61-67-83(88)100-79(72-94-81(86)66-60-54-48-43-37-34-31-28-26-25-27-30-33-36-41-46-52-57-63-75(4)5)74-98-102(91,92)96-70-77(84)69-95-101(89,90)97-73-78(71-93-80(85)65-59-51-13-11-8-2)99-82(87)68-62-56-50-45-40-39-42-47-53-58-64-76(6)9-3/h75-79,84H,7-74H2,1-6H3,(H,89,90)(H,91,92)/t76?,77-,78+,79+/m0/s1. The molecule has 0 aliphatic carbocycles. The minimum Gasteiger partial charge on any atom is -0.462 e. The van der Waals surface area contributed by atoms with Gasteiger partial charge in [0.15, 0.2) is 12.2 Å². The normalized spacial score (nSPS) is 14.1. The van der Waals surface area contributed by atoms with Crippen molar-refractivity contribution in [3.63, 3.8) is 0 Å². The highest BCUT2D eigenvalue weighted by atomic mass is 31.2. The van der Waals surface area contributed by atoms with Gasteiger partial charge in [-0.25, -0.2) is 9.13 Å². The van der Waals surface area contributed by atoms with Crippen molar-refractivity contribution in [2.24, 2.45) is 11.8 Å². The molecule has 19 heteroatoms. The Labute approximate surface area is 626 Å². The van der Waals surface area contributed by atoms with Gasteiger partial charge in [0.25, 0.3) is 0 Å². The molecule has 0 saturated heterocycles. The molecule has 0 aliphatic heterocycles. The lowest BCUT2D eigenvalue weighted by atomic mass is 9.99. The minimum atomic E-state index is -4.96. The smallest absolute Gasteiger partial charge is 0.462 e. The van der Waals surface area contributed by atoms with Crippen LogP contribution in [0, 0.1) is 11.8 Å². The van der Waals surface area contributed by atoms with Crippen molar-refractivity contribution < 1.29 is 80.2 Å². The number of carbonyl (C=O) groups excluding carboxylic acids is 4. The van der Waals surface area contributed by atoms with Gasteiger partial charge < -0.3 is 33.8 Å². The summed E-state index contributed by atoms with van der Waals surface area (Å²) in [4.78, 5) is 72.8. The molecule has 0 rings (SSSR count). The summed E-state index contributed by atoms with van der Waals surface area (Å²) < 4.78 is 68.5. The van der Waals surface area contributed by atoms with Crippen molar-refractivity contribution in [1.82, 2.24) is 0 Å². The van der Waals surface area contributed by atoms with Crippen molar-refractivity contribution in [2.75, 3.05) is 39.6 Å². The second-order valence-electron chi connectivity index (χ2n) is 30.6. The predicted octanol–water partition coefficient (Wildman–Crippen LogP) is 25.1. The fourth-order valence-electron chi connectivity index (χ4n) is 12.9. The Morgan fingerprint density at radius 3 is 0.745 bits per heavy atom. The number of carbonyl (C=O) groups is 4. The van der Waals surface area contributed by atoms with Crippen LogP contribution >= 0.6 is 15.6 Å². The minimum absolute atomic E-state index is 0.106. The van der Waals surface area contributed by atoms with Gasteiger partial charge in [0.05, 0.1) is 26.4 Å². The first-order valence-corrected chi connectivity index (χ1v) is 46.0. The molecule has 0 aliphatic rings. The van der Waals surface area contributed by atoms with Crippen LogP contribution in [0.15, 0.2) is 0 Å². The quantitative estimate of drug-likeness (QED) is 0.0222. The summed E-state index contributed by atoms with van der Waals surface area (Å²) in [5.41, 5.74) is 0. The Balaban J connectivity index is 5.10. The monoisotopic (exact) mass is 1490 g/mol. The van der Waals surface area contributed by atoms with E-state index < -0.39 is 97.5 Å². The van der Waals surface area contributed by atoms with Crippen molar-refractivity contribution in [3.05, 3.63) is 0 Å². The fourth-order valence-corrected chi connectivity index (χ4v) is 14.4. The van der Waals surface area contributed by atoms with E-state index in [4.69, 9.17) is 37.0 Å². The molecule has 0 aromatic rings. The number of unbranched alkanes of at least 4 members (excludes halogenated alkanes) is 51. The van der Waals surface area contributed by atoms with E-state index in [1.165, 1.54) is 250 Å². The van der Waals surface area contributed by atoms with Gasteiger partial charge >= 0.3 is 39.5 Å². The maximum atomic E-state index is 13.1. The molecule has 0 amide bonds. The zero-order valence-corrected chi connectivity index (χ0v) is 68.7. The number of aliphatic hydroxyl groups is 1. The number of rotatable bonds is 82. The van der Waals surface area contributed by atoms with Gasteiger partial charge in [0, 0.05) is 25.7 Å². The number of phosphoric acid groups is 2. The largest absolute Gasteiger partial charge is 0.472 e. The summed E-state index contributed by atoms with van der Waals surface area (Å²) in [6, 6.07) is 0. The molecule has 0 aromatic carbocycles. The number of aliphatic hydroxyl groups excluding tert-OH is 1. The van der Waals surface area contributed by atoms with Crippen LogP contribution in [0.2, 0.25) is 0 Å². The molecule has 17 nitrogen and oxygen atoms in total. The van der Waals surface area contributed by atoms with E-state index in [1.807, 2.05) is 0 Å². The molecular formula is C83H162O17P2. The third-order valence-electron chi connectivity index (χ3n) is 19.8. The van der Waals surface area contributed by atoms with Crippen LogP contribution < -0.4 is 0 Å². The van der Waals surface area contributed by atoms with Crippen LogP contribution in [-0.4, -0.2) is 96.7 Å². The average molecular weight is 1490 g/mol. The zero-order valence-electron chi connectivity index (χ0n) is 66.9. The molecule has 0 heterocycles. The van der Waals surface area contributed by atoms with Gasteiger partial charge in [-0.3, -0.25) is 37.3 Å². The first-order chi connectivity index (χ1) is 49.4. The van der Waals surface area contributed by atoms with Gasteiger partial charge in [0.2, 0.25) is 0 Å². The van der Waals surface area contributed by atoms with Crippen LogP contribution in [0.1, 0.15) is 440 Å². The molecule has 0 aromatic heterocycles. The third kappa shape index (κ3) is 74.9. The molecular weight excluding hydrogens is 1330 g/mol. The molecule has 0 saturated carbocycles. The molecule has 606 valence electrons. The van der Waals surface area contributed by atoms with Gasteiger partial charge in [0.1, 0.15) is 19.3 Å². The highest BCUT2D eigenvalue weighted by molar-refractivity contribution is 7.47. The van der Waals surface area contributed by atoms with Gasteiger partial charge in [-0.05, 0) is 37.5 Å². The highest BCUT2D eigenvalue weighted by Crippen LogP contribution is 2.45. The van der Waals surface area contributed by atoms with Crippen LogP contribution in [-0.2, 0) is 65.4 Å². The molecule has 0 fully saturated rings. The number of hydrogen-bond acceptors (Lipinski definition) is 15. The number of ether oxygens (including phenoxy) is 4. The fraction of sp³-hybridized carbons (Fsp3) is 0.952. The van der Waals surface area contributed by atoms with Gasteiger partial charge in [-0.1, -0.05) is 388 Å². The van der Waals surface area contributed by atoms with Crippen molar-refractivity contribution >= 4 is 39.5 Å². The van der Waals surface area contributed by atoms with Crippen molar-refractivity contribution in [1.29, 1.82) is 0 Å². The molecule has 6 atom stereocenters. The van der Waals surface area contributed by atoms with E-state index in [0.29, 0.717) is 25.7 Å². The van der Waals surface area contributed by atoms with Gasteiger partial charge in [-0.15, -0.1) is 0 Å². The topological polar surface area (TPSA) is 237 Å². The Bertz CT molecular complexity index is 1960. The molecule has 0 radical (unpaired) electrons. The molecule has 3 N–H and O–H groups in total. The maximum absolute atomic E-state index is 13.1. The maximum Gasteiger partial charge on any atom is 0.472 e. The first-order valence-electron chi connectivity index (χ1n) is 43.0. The number of phosphoric ester groups is 2. The van der Waals surface area contributed by atoms with E-state index in [1.54, 1.807) is 0 Å². The van der Waals surface area contributed by atoms with Crippen molar-refractivity contribution in [3.8, 4) is 0 Å². The first kappa shape index (κ1) is 100. The lowest BCUT2D eigenvalue weighted by Crippen LogP contribution is -2.30. The Morgan fingerprint density at radius 2 is 0.500 bits per heavy atom. The Kier molecular flexibility index (Phi) is 73.1. The highest BCUT2D eigenvalue weighted by Gasteiger charge is 2.30. The number of hydrogen-bond donors (Lipinski definition) is 3. The third-order valence-corrected chi connectivity index (χ3v) is 21.7. The van der Waals surface area contributed by atoms with Gasteiger partial charge in [-0.2, -0.15) is 0 Å². The van der Waals surface area contributed by atoms with E-state index in [2.05, 4.69) is 41.5 Å². The molecule has 0 bridgehead atoms. The second kappa shape index (κ2) is 74.5. The van der Waals surface area contributed by atoms with Crippen LogP contribution in [0.4, 0.5) is 0 Å². The van der Waals surface area contributed by atoms with Crippen LogP contribution in [0.25, 0.3) is 0 Å². The Hall–Kier alpha value is -1.94. The van der Waals surface area contributed by atoms with E-state index in [-0.39, 0.29) is 25.7 Å². The number of esters is 4. The second-order valence-corrected chi connectivity index (χ2v) is 33.5. The van der Waals surface area contributed by atoms with E-state index in [9.17, 15) is 43.2 Å². The Morgan fingerprint density at radius 1 is 0.284 bits per heavy atom. The molecule has 102 heavy (non-hydrogen) atoms. The summed E-state index contributed by atoms with van der Waals surface area (Å²) in [7, 11) is -9.91. The molecule has 0 spiro atoms. The SMILES string of the molecule is CCCCCCCCCCCCCCCCCCCCCCCCC(=O)O[C@H](COC(=O)CCCCCCCCCCCCCCCCCCCCC(C)C)COP(=O)(O)OC[C@@H](O)COP(=O)(O)OC[C@@H](COC(=O)CCCCCCC)OC(=O)CCCCCCCCCCCCC(C)CC. The van der Waals surface area contributed by atoms with E-state index in [0.717, 1.165) is 108 Å². The summed E-state index contributed by atoms with van der Waals surface area (Å²) >= 11 is 0. The van der Waals surface area contributed by atoms with Crippen LogP contribution in [0.5, 0.6) is 0 Å². The zero-order chi connectivity index (χ0) is 74.9. The lowest BCUT2D eigenvalue weighted by molar-refractivity contribution is -0.161. The summed E-state index contributed by atoms with van der Waals surface area (Å²) in [5.74, 6) is -0.494. The predicted molar refractivity (Wildman–Crippen MR) is 418 cm³/mol. The van der Waals surface area contributed by atoms with Crippen molar-refractivity contribution in [2.45, 2.75) is 458 Å². The van der Waals surface area contributed by atoms with E-state index >= 15 is 0 Å². The van der Waals surface area contributed by atoms with Crippen LogP contribution in [0.3, 0.4) is 0 Å². The molecule has 3 unspecified atom stereocenters. The lowest BCUT2D eigenvalue weighted by Gasteiger charge is -2.21. The average Bonchev–Trinajstić information content (AvgIpc) is 1.09. The summed E-state index contributed by atoms with van der Waals surface area (Å²) in [6.07, 6.45) is 65.9.